The topological polar surface area (TPSA) is 73.6 Å². The van der Waals surface area contributed by atoms with Crippen LogP contribution in [0.4, 0.5) is 11.4 Å². The maximum absolute atomic E-state index is 11.6. The summed E-state index contributed by atoms with van der Waals surface area (Å²) in [6.45, 7) is 0.0199. The minimum absolute atomic E-state index is 0.0199. The summed E-state index contributed by atoms with van der Waals surface area (Å²) in [7, 11) is 3.25. The van der Waals surface area contributed by atoms with Gasteiger partial charge in [0.05, 0.1) is 11.8 Å². The third kappa shape index (κ3) is 2.36. The highest BCUT2D eigenvalue weighted by Crippen LogP contribution is 2.34. The average Bonchev–Trinajstić information content (AvgIpc) is 2.42. The predicted molar refractivity (Wildman–Crippen MR) is 69.0 cm³/mol. The number of ether oxygens (including phenoxy) is 1. The molecule has 0 aliphatic carbocycles. The Labute approximate surface area is 110 Å². The highest BCUT2D eigenvalue weighted by Gasteiger charge is 2.23. The van der Waals surface area contributed by atoms with Crippen LogP contribution in [0.5, 0.6) is 5.75 Å². The van der Waals surface area contributed by atoms with Crippen molar-refractivity contribution in [1.82, 2.24) is 0 Å². The fourth-order valence-corrected chi connectivity index (χ4v) is 1.80. The number of nitrogens with zero attached hydrogens (tertiary/aromatic N) is 3. The molecule has 0 aromatic heterocycles. The molecule has 1 aromatic carbocycles. The van der Waals surface area contributed by atoms with E-state index in [0.29, 0.717) is 17.1 Å². The van der Waals surface area contributed by atoms with Crippen LogP contribution in [0.15, 0.2) is 18.2 Å². The second kappa shape index (κ2) is 4.98. The van der Waals surface area contributed by atoms with E-state index in [-0.39, 0.29) is 24.8 Å². The molecule has 0 atom stereocenters. The van der Waals surface area contributed by atoms with E-state index in [1.807, 2.05) is 6.07 Å². The maximum atomic E-state index is 11.6. The number of fused-ring (bicyclic) bond motifs is 1. The van der Waals surface area contributed by atoms with Gasteiger partial charge in [-0.25, -0.2) is 0 Å². The first kappa shape index (κ1) is 12.9. The molecule has 1 heterocycles. The second-order valence-corrected chi connectivity index (χ2v) is 4.18. The van der Waals surface area contributed by atoms with Crippen LogP contribution in [-0.4, -0.2) is 32.5 Å². The lowest BCUT2D eigenvalue weighted by Gasteiger charge is -2.27. The Kier molecular flexibility index (Phi) is 3.38. The van der Waals surface area contributed by atoms with Crippen molar-refractivity contribution in [3.05, 3.63) is 18.2 Å². The van der Waals surface area contributed by atoms with Crippen molar-refractivity contribution in [2.75, 3.05) is 30.5 Å². The van der Waals surface area contributed by atoms with E-state index in [9.17, 15) is 9.59 Å². The van der Waals surface area contributed by atoms with Gasteiger partial charge in [-0.1, -0.05) is 0 Å². The molecule has 0 saturated heterocycles. The standard InChI is InChI=1S/C13H13N3O3/c1-15(12(17)5-6-14)9-3-4-11-10(7-9)16(2)13(18)8-19-11/h3-4,7H,5,8H2,1-2H3. The molecule has 0 radical (unpaired) electrons. The Morgan fingerprint density at radius 2 is 2.32 bits per heavy atom. The molecule has 2 amide bonds. The Balaban J connectivity index is 2.33. The Hall–Kier alpha value is -2.55. The molecular formula is C13H13N3O3. The number of hydrogen-bond donors (Lipinski definition) is 0. The number of likely N-dealkylation sites (N-methyl/N-ethyl adjacent to an activating group) is 1. The van der Waals surface area contributed by atoms with E-state index in [1.54, 1.807) is 32.3 Å². The van der Waals surface area contributed by atoms with E-state index in [1.165, 1.54) is 9.80 Å². The Morgan fingerprint density at radius 1 is 1.58 bits per heavy atom. The highest BCUT2D eigenvalue weighted by atomic mass is 16.5. The van der Waals surface area contributed by atoms with Crippen LogP contribution < -0.4 is 14.5 Å². The van der Waals surface area contributed by atoms with Crippen LogP contribution >= 0.6 is 0 Å². The summed E-state index contributed by atoms with van der Waals surface area (Å²) in [5.41, 5.74) is 1.23. The van der Waals surface area contributed by atoms with Crippen LogP contribution in [-0.2, 0) is 9.59 Å². The minimum atomic E-state index is -0.298. The molecule has 98 valence electrons. The van der Waals surface area contributed by atoms with Crippen LogP contribution in [0.3, 0.4) is 0 Å². The number of anilines is 2. The molecule has 1 aliphatic heterocycles. The fourth-order valence-electron chi connectivity index (χ4n) is 1.80. The summed E-state index contributed by atoms with van der Waals surface area (Å²) in [6.07, 6.45) is -0.182. The molecule has 6 heteroatoms. The number of carbonyl (C=O) groups excluding carboxylic acids is 2. The first-order chi connectivity index (χ1) is 9.04. The van der Waals surface area contributed by atoms with Gasteiger partial charge in [-0.2, -0.15) is 5.26 Å². The molecule has 0 bridgehead atoms. The SMILES string of the molecule is CN(C(=O)CC#N)c1ccc2c(c1)N(C)C(=O)CO2. The summed E-state index contributed by atoms with van der Waals surface area (Å²) in [5, 5.41) is 8.53. The Morgan fingerprint density at radius 3 is 3.00 bits per heavy atom. The van der Waals surface area contributed by atoms with E-state index in [4.69, 9.17) is 10.00 Å². The number of nitriles is 1. The molecule has 0 unspecified atom stereocenters. The normalized spacial score (nSPS) is 13.3. The van der Waals surface area contributed by atoms with Crippen LogP contribution in [0.2, 0.25) is 0 Å². The summed E-state index contributed by atoms with van der Waals surface area (Å²) in [5.74, 6) is 0.163. The van der Waals surface area contributed by atoms with Crippen molar-refractivity contribution in [3.8, 4) is 11.8 Å². The fraction of sp³-hybridized carbons (Fsp3) is 0.308. The van der Waals surface area contributed by atoms with Crippen molar-refractivity contribution in [2.24, 2.45) is 0 Å². The molecule has 6 nitrogen and oxygen atoms in total. The van der Waals surface area contributed by atoms with Gasteiger partial charge in [-0.3, -0.25) is 9.59 Å². The first-order valence-electron chi connectivity index (χ1n) is 5.71. The van der Waals surface area contributed by atoms with Crippen molar-refractivity contribution >= 4 is 23.2 Å². The van der Waals surface area contributed by atoms with E-state index in [2.05, 4.69) is 0 Å². The summed E-state index contributed by atoms with van der Waals surface area (Å²) in [6, 6.07) is 6.94. The zero-order valence-electron chi connectivity index (χ0n) is 10.7. The molecule has 0 spiro atoms. The predicted octanol–water partition coefficient (Wildman–Crippen LogP) is 0.918. The third-order valence-corrected chi connectivity index (χ3v) is 3.02. The molecule has 0 N–H and O–H groups in total. The zero-order valence-corrected chi connectivity index (χ0v) is 10.7. The van der Waals surface area contributed by atoms with Crippen molar-refractivity contribution in [3.63, 3.8) is 0 Å². The van der Waals surface area contributed by atoms with Gasteiger partial charge < -0.3 is 14.5 Å². The van der Waals surface area contributed by atoms with Gasteiger partial charge in [0, 0.05) is 19.8 Å². The first-order valence-corrected chi connectivity index (χ1v) is 5.71. The molecule has 0 fully saturated rings. The van der Waals surface area contributed by atoms with E-state index >= 15 is 0 Å². The lowest BCUT2D eigenvalue weighted by Crippen LogP contribution is -2.35. The van der Waals surface area contributed by atoms with Crippen molar-refractivity contribution in [1.29, 1.82) is 5.26 Å². The van der Waals surface area contributed by atoms with Crippen LogP contribution in [0, 0.1) is 11.3 Å². The lowest BCUT2D eigenvalue weighted by molar-refractivity contribution is -0.121. The van der Waals surface area contributed by atoms with E-state index in [0.717, 1.165) is 0 Å². The molecule has 1 aliphatic rings. The Bertz CT molecular complexity index is 577. The number of hydrogen-bond acceptors (Lipinski definition) is 4. The molecule has 2 rings (SSSR count). The molecule has 1 aromatic rings. The number of rotatable bonds is 2. The number of carbonyl (C=O) groups is 2. The van der Waals surface area contributed by atoms with Gasteiger partial charge in [0.25, 0.3) is 5.91 Å². The minimum Gasteiger partial charge on any atom is -0.482 e. The monoisotopic (exact) mass is 259 g/mol. The quantitative estimate of drug-likeness (QED) is 0.791. The zero-order chi connectivity index (χ0) is 14.0. The number of benzene rings is 1. The largest absolute Gasteiger partial charge is 0.482 e. The average molecular weight is 259 g/mol. The van der Waals surface area contributed by atoms with Crippen molar-refractivity contribution in [2.45, 2.75) is 6.42 Å². The van der Waals surface area contributed by atoms with Crippen molar-refractivity contribution < 1.29 is 14.3 Å². The van der Waals surface area contributed by atoms with Gasteiger partial charge in [-0.05, 0) is 18.2 Å². The van der Waals surface area contributed by atoms with Gasteiger partial charge in [0.15, 0.2) is 6.61 Å². The summed E-state index contributed by atoms with van der Waals surface area (Å²) in [4.78, 5) is 26.1. The van der Waals surface area contributed by atoms with Crippen LogP contribution in [0.25, 0.3) is 0 Å². The van der Waals surface area contributed by atoms with Crippen LogP contribution in [0.1, 0.15) is 6.42 Å². The molecule has 19 heavy (non-hydrogen) atoms. The molecule has 0 saturated carbocycles. The second-order valence-electron chi connectivity index (χ2n) is 4.18. The molecular weight excluding hydrogens is 246 g/mol. The number of amides is 2. The smallest absolute Gasteiger partial charge is 0.264 e. The van der Waals surface area contributed by atoms with Gasteiger partial charge in [-0.15, -0.1) is 0 Å². The van der Waals surface area contributed by atoms with Gasteiger partial charge in [0.1, 0.15) is 12.2 Å². The maximum Gasteiger partial charge on any atom is 0.264 e. The summed E-state index contributed by atoms with van der Waals surface area (Å²) >= 11 is 0. The van der Waals surface area contributed by atoms with E-state index < -0.39 is 0 Å². The van der Waals surface area contributed by atoms with Gasteiger partial charge >= 0.3 is 0 Å². The van der Waals surface area contributed by atoms with Gasteiger partial charge in [0.2, 0.25) is 5.91 Å². The lowest BCUT2D eigenvalue weighted by atomic mass is 10.2. The summed E-state index contributed by atoms with van der Waals surface area (Å²) < 4.78 is 5.30. The third-order valence-electron chi connectivity index (χ3n) is 3.02. The highest BCUT2D eigenvalue weighted by molar-refractivity contribution is 5.99.